The summed E-state index contributed by atoms with van der Waals surface area (Å²) in [6, 6.07) is 24.6. The van der Waals surface area contributed by atoms with Crippen molar-refractivity contribution in [1.82, 2.24) is 19.1 Å². The molecule has 5 aromatic rings. The second kappa shape index (κ2) is 8.03. The van der Waals surface area contributed by atoms with Crippen molar-refractivity contribution in [3.05, 3.63) is 101 Å². The summed E-state index contributed by atoms with van der Waals surface area (Å²) in [5.74, 6) is 1.64. The van der Waals surface area contributed by atoms with Crippen LogP contribution in [-0.2, 0) is 6.42 Å². The van der Waals surface area contributed by atoms with Gasteiger partial charge in [-0.2, -0.15) is 0 Å². The van der Waals surface area contributed by atoms with Crippen LogP contribution in [0.5, 0.6) is 11.5 Å². The van der Waals surface area contributed by atoms with Crippen LogP contribution in [-0.4, -0.2) is 19.1 Å². The second-order valence-corrected chi connectivity index (χ2v) is 7.32. The Balaban J connectivity index is 1.65. The molecule has 0 radical (unpaired) electrons. The van der Waals surface area contributed by atoms with Gasteiger partial charge in [-0.3, -0.25) is 4.57 Å². The fraction of sp³-hybridized carbons (Fsp3) is 0.0800. The van der Waals surface area contributed by atoms with Crippen LogP contribution in [0.15, 0.2) is 90.0 Å². The van der Waals surface area contributed by atoms with Gasteiger partial charge in [0.15, 0.2) is 11.5 Å². The lowest BCUT2D eigenvalue weighted by Gasteiger charge is -2.08. The van der Waals surface area contributed by atoms with E-state index in [1.807, 2.05) is 78.9 Å². The average Bonchev–Trinajstić information content (AvgIpc) is 3.13. The summed E-state index contributed by atoms with van der Waals surface area (Å²) in [5.41, 5.74) is 9.36. The van der Waals surface area contributed by atoms with E-state index >= 15 is 0 Å². The fourth-order valence-electron chi connectivity index (χ4n) is 3.72. The third-order valence-corrected chi connectivity index (χ3v) is 5.30. The number of imidazole rings is 1. The van der Waals surface area contributed by atoms with Gasteiger partial charge >= 0.3 is 5.69 Å². The maximum absolute atomic E-state index is 13.6. The van der Waals surface area contributed by atoms with E-state index in [1.165, 1.54) is 10.9 Å². The summed E-state index contributed by atoms with van der Waals surface area (Å²) in [7, 11) is 0. The largest absolute Gasteiger partial charge is 0.457 e. The van der Waals surface area contributed by atoms with E-state index in [0.717, 1.165) is 23.4 Å². The van der Waals surface area contributed by atoms with Gasteiger partial charge in [-0.15, -0.1) is 0 Å². The van der Waals surface area contributed by atoms with Gasteiger partial charge in [-0.1, -0.05) is 37.3 Å². The SMILES string of the molecule is CCc1cccc(-n2c(=O)n(-c3ccc(Oc4ccccc4)cc3)c3c(N)ncnc32)c1. The van der Waals surface area contributed by atoms with E-state index < -0.39 is 0 Å². The van der Waals surface area contributed by atoms with Crippen molar-refractivity contribution in [2.24, 2.45) is 0 Å². The summed E-state index contributed by atoms with van der Waals surface area (Å²) >= 11 is 0. The monoisotopic (exact) mass is 423 g/mol. The topological polar surface area (TPSA) is 88.0 Å². The number of hydrogen-bond donors (Lipinski definition) is 1. The highest BCUT2D eigenvalue weighted by molar-refractivity contribution is 5.85. The molecule has 0 aliphatic rings. The van der Waals surface area contributed by atoms with E-state index in [9.17, 15) is 4.79 Å². The number of nitrogens with two attached hydrogens (primary N) is 1. The molecule has 0 spiro atoms. The van der Waals surface area contributed by atoms with Crippen LogP contribution in [0.25, 0.3) is 22.5 Å². The molecule has 0 aliphatic heterocycles. The van der Waals surface area contributed by atoms with Crippen molar-refractivity contribution >= 4 is 17.0 Å². The molecule has 0 unspecified atom stereocenters. The smallest absolute Gasteiger partial charge is 0.339 e. The van der Waals surface area contributed by atoms with Crippen LogP contribution < -0.4 is 16.2 Å². The number of para-hydroxylation sites is 1. The highest BCUT2D eigenvalue weighted by Crippen LogP contribution is 2.26. The van der Waals surface area contributed by atoms with Crippen molar-refractivity contribution in [3.63, 3.8) is 0 Å². The molecule has 0 saturated carbocycles. The second-order valence-electron chi connectivity index (χ2n) is 7.32. The Hall–Kier alpha value is -4.39. The normalized spacial score (nSPS) is 11.0. The molecule has 0 amide bonds. The zero-order valence-corrected chi connectivity index (χ0v) is 17.5. The van der Waals surface area contributed by atoms with Crippen LogP contribution in [0.2, 0.25) is 0 Å². The number of anilines is 1. The number of aromatic nitrogens is 4. The molecule has 0 aliphatic carbocycles. The van der Waals surface area contributed by atoms with Crippen molar-refractivity contribution in [1.29, 1.82) is 0 Å². The summed E-state index contributed by atoms with van der Waals surface area (Å²) in [5, 5.41) is 0. The minimum Gasteiger partial charge on any atom is -0.457 e. The summed E-state index contributed by atoms with van der Waals surface area (Å²) < 4.78 is 8.98. The first-order valence-corrected chi connectivity index (χ1v) is 10.3. The molecule has 3 aromatic carbocycles. The maximum atomic E-state index is 13.6. The third-order valence-electron chi connectivity index (χ3n) is 5.30. The van der Waals surface area contributed by atoms with Gasteiger partial charge in [0.2, 0.25) is 0 Å². The quantitative estimate of drug-likeness (QED) is 0.449. The Morgan fingerprint density at radius 2 is 1.59 bits per heavy atom. The summed E-state index contributed by atoms with van der Waals surface area (Å²) in [4.78, 5) is 22.1. The van der Waals surface area contributed by atoms with Gasteiger partial charge in [0.05, 0.1) is 11.4 Å². The number of ether oxygens (including phenoxy) is 1. The predicted molar refractivity (Wildman–Crippen MR) is 125 cm³/mol. The van der Waals surface area contributed by atoms with E-state index in [0.29, 0.717) is 22.6 Å². The van der Waals surface area contributed by atoms with Crippen molar-refractivity contribution in [2.75, 3.05) is 5.73 Å². The highest BCUT2D eigenvalue weighted by Gasteiger charge is 2.20. The Kier molecular flexibility index (Phi) is 4.91. The number of fused-ring (bicyclic) bond motifs is 1. The van der Waals surface area contributed by atoms with Crippen LogP contribution in [0.1, 0.15) is 12.5 Å². The maximum Gasteiger partial charge on any atom is 0.339 e. The lowest BCUT2D eigenvalue weighted by molar-refractivity contribution is 0.482. The number of hydrogen-bond acceptors (Lipinski definition) is 5. The van der Waals surface area contributed by atoms with E-state index in [-0.39, 0.29) is 11.5 Å². The number of nitrogen functional groups attached to an aromatic ring is 1. The first-order valence-electron chi connectivity index (χ1n) is 10.3. The van der Waals surface area contributed by atoms with Gasteiger partial charge in [0.25, 0.3) is 0 Å². The molecule has 0 saturated heterocycles. The minimum absolute atomic E-state index is 0.238. The van der Waals surface area contributed by atoms with Gasteiger partial charge in [-0.25, -0.2) is 19.3 Å². The van der Waals surface area contributed by atoms with Gasteiger partial charge in [0, 0.05) is 0 Å². The molecule has 158 valence electrons. The number of aryl methyl sites for hydroxylation is 1. The van der Waals surface area contributed by atoms with Crippen LogP contribution in [0.3, 0.4) is 0 Å². The molecule has 5 rings (SSSR count). The standard InChI is InChI=1S/C25H21N5O2/c1-2-17-7-6-8-19(15-17)30-24-22(23(26)27-16-28-24)29(25(30)31)18-11-13-21(14-12-18)32-20-9-4-3-5-10-20/h3-16H,2H2,1H3,(H2,26,27,28). The Morgan fingerprint density at radius 3 is 2.34 bits per heavy atom. The zero-order chi connectivity index (χ0) is 22.1. The minimum atomic E-state index is -0.266. The molecule has 0 bridgehead atoms. The molecule has 2 aromatic heterocycles. The molecule has 32 heavy (non-hydrogen) atoms. The summed E-state index contributed by atoms with van der Waals surface area (Å²) in [6.07, 6.45) is 2.24. The molecule has 2 heterocycles. The van der Waals surface area contributed by atoms with Crippen molar-refractivity contribution < 1.29 is 4.74 Å². The highest BCUT2D eigenvalue weighted by atomic mass is 16.5. The Bertz CT molecular complexity index is 1450. The first kappa shape index (κ1) is 19.6. The lowest BCUT2D eigenvalue weighted by atomic mass is 10.1. The van der Waals surface area contributed by atoms with E-state index in [4.69, 9.17) is 10.5 Å². The van der Waals surface area contributed by atoms with E-state index in [1.54, 1.807) is 4.57 Å². The molecular weight excluding hydrogens is 402 g/mol. The molecular formula is C25H21N5O2. The fourth-order valence-corrected chi connectivity index (χ4v) is 3.72. The van der Waals surface area contributed by atoms with Crippen molar-refractivity contribution in [2.45, 2.75) is 13.3 Å². The van der Waals surface area contributed by atoms with Crippen molar-refractivity contribution in [3.8, 4) is 22.9 Å². The Labute approximate surface area is 184 Å². The predicted octanol–water partition coefficient (Wildman–Crippen LogP) is 4.51. The number of rotatable bonds is 5. The number of nitrogens with zero attached hydrogens (tertiary/aromatic N) is 4. The third kappa shape index (κ3) is 3.39. The van der Waals surface area contributed by atoms with Crippen LogP contribution >= 0.6 is 0 Å². The molecule has 7 nitrogen and oxygen atoms in total. The van der Waals surface area contributed by atoms with E-state index in [2.05, 4.69) is 16.9 Å². The van der Waals surface area contributed by atoms with Crippen LogP contribution in [0.4, 0.5) is 5.82 Å². The average molecular weight is 423 g/mol. The van der Waals surface area contributed by atoms with Gasteiger partial charge in [-0.05, 0) is 60.5 Å². The molecule has 7 heteroatoms. The van der Waals surface area contributed by atoms with Gasteiger partial charge < -0.3 is 10.5 Å². The van der Waals surface area contributed by atoms with Crippen LogP contribution in [0, 0.1) is 0 Å². The van der Waals surface area contributed by atoms with Gasteiger partial charge in [0.1, 0.15) is 23.3 Å². The molecule has 2 N–H and O–H groups in total. The lowest BCUT2D eigenvalue weighted by Crippen LogP contribution is -2.22. The molecule has 0 atom stereocenters. The zero-order valence-electron chi connectivity index (χ0n) is 17.5. The molecule has 0 fully saturated rings. The summed E-state index contributed by atoms with van der Waals surface area (Å²) in [6.45, 7) is 2.07. The Morgan fingerprint density at radius 1 is 0.844 bits per heavy atom. The number of benzene rings is 3. The first-order chi connectivity index (χ1) is 15.7.